The molecule has 0 atom stereocenters. The summed E-state index contributed by atoms with van der Waals surface area (Å²) in [6.45, 7) is 8.75. The van der Waals surface area contributed by atoms with Crippen molar-refractivity contribution in [2.24, 2.45) is 0 Å². The van der Waals surface area contributed by atoms with Gasteiger partial charge in [-0.3, -0.25) is 4.79 Å². The first-order chi connectivity index (χ1) is 16.6. The molecule has 0 spiro atoms. The Labute approximate surface area is 204 Å². The van der Waals surface area contributed by atoms with E-state index in [-0.39, 0.29) is 5.91 Å². The molecule has 0 saturated carbocycles. The molecule has 0 aliphatic carbocycles. The molecule has 0 N–H and O–H groups in total. The summed E-state index contributed by atoms with van der Waals surface area (Å²) in [6, 6.07) is 11.8. The molecule has 0 saturated heterocycles. The van der Waals surface area contributed by atoms with Gasteiger partial charge in [0.25, 0.3) is 0 Å². The monoisotopic (exact) mass is 478 g/mol. The largest absolute Gasteiger partial charge is 0.490 e. The molecule has 0 radical (unpaired) electrons. The Morgan fingerprint density at radius 2 is 1.76 bits per heavy atom. The number of thiazole rings is 1. The molecular weight excluding hydrogens is 448 g/mol. The Morgan fingerprint density at radius 3 is 2.41 bits per heavy atom. The van der Waals surface area contributed by atoms with Crippen LogP contribution in [0.3, 0.4) is 0 Å². The molecule has 1 aliphatic rings. The predicted octanol–water partition coefficient (Wildman–Crippen LogP) is 5.43. The Hall–Kier alpha value is -3.32. The standard InChI is InChI=1S/C27H30N2O4S/c1-4-31-25-14-21-12-13-29(16-22(21)15-26(25)32-5-2)27(30)11-8-20-6-9-24(10-7-20)33-17-23-18-34-19(3)28-23/h6-11,14-15,18H,4-5,12-13,16-17H2,1-3H3/b11-8+. The van der Waals surface area contributed by atoms with Crippen molar-refractivity contribution in [2.75, 3.05) is 19.8 Å². The molecule has 7 heteroatoms. The summed E-state index contributed by atoms with van der Waals surface area (Å²) in [4.78, 5) is 19.1. The van der Waals surface area contributed by atoms with Crippen LogP contribution in [0.15, 0.2) is 47.9 Å². The van der Waals surface area contributed by atoms with E-state index >= 15 is 0 Å². The van der Waals surface area contributed by atoms with E-state index in [0.29, 0.717) is 32.9 Å². The maximum Gasteiger partial charge on any atom is 0.246 e. The van der Waals surface area contributed by atoms with Crippen molar-refractivity contribution < 1.29 is 19.0 Å². The van der Waals surface area contributed by atoms with E-state index in [2.05, 4.69) is 11.1 Å². The van der Waals surface area contributed by atoms with E-state index in [9.17, 15) is 4.79 Å². The zero-order valence-electron chi connectivity index (χ0n) is 19.9. The highest BCUT2D eigenvalue weighted by molar-refractivity contribution is 7.09. The molecule has 1 aliphatic heterocycles. The molecule has 6 nitrogen and oxygen atoms in total. The van der Waals surface area contributed by atoms with Crippen LogP contribution in [-0.4, -0.2) is 35.5 Å². The Balaban J connectivity index is 1.35. The van der Waals surface area contributed by atoms with Crippen molar-refractivity contribution in [1.29, 1.82) is 0 Å². The first kappa shape index (κ1) is 23.8. The zero-order chi connectivity index (χ0) is 23.9. The van der Waals surface area contributed by atoms with Gasteiger partial charge in [0.2, 0.25) is 5.91 Å². The Morgan fingerprint density at radius 1 is 1.06 bits per heavy atom. The van der Waals surface area contributed by atoms with Crippen molar-refractivity contribution in [3.63, 3.8) is 0 Å². The van der Waals surface area contributed by atoms with Crippen LogP contribution in [0.1, 0.15) is 41.2 Å². The van der Waals surface area contributed by atoms with Crippen molar-refractivity contribution >= 4 is 23.3 Å². The second-order valence-corrected chi connectivity index (χ2v) is 9.05. The number of nitrogens with zero attached hydrogens (tertiary/aromatic N) is 2. The summed E-state index contributed by atoms with van der Waals surface area (Å²) in [5, 5.41) is 3.04. The summed E-state index contributed by atoms with van der Waals surface area (Å²) in [7, 11) is 0. The fraction of sp³-hybridized carbons (Fsp3) is 0.333. The molecule has 0 unspecified atom stereocenters. The van der Waals surface area contributed by atoms with E-state index in [1.807, 2.05) is 67.5 Å². The van der Waals surface area contributed by atoms with Crippen molar-refractivity contribution in [3.8, 4) is 17.2 Å². The number of fused-ring (bicyclic) bond motifs is 1. The highest BCUT2D eigenvalue weighted by atomic mass is 32.1. The van der Waals surface area contributed by atoms with Crippen LogP contribution in [0.4, 0.5) is 0 Å². The first-order valence-electron chi connectivity index (χ1n) is 11.6. The number of rotatable bonds is 9. The Bertz CT molecular complexity index is 1150. The number of hydrogen-bond acceptors (Lipinski definition) is 6. The van der Waals surface area contributed by atoms with Crippen LogP contribution in [0, 0.1) is 6.92 Å². The molecule has 0 bridgehead atoms. The maximum absolute atomic E-state index is 12.8. The lowest BCUT2D eigenvalue weighted by atomic mass is 9.98. The van der Waals surface area contributed by atoms with Crippen LogP contribution in [0.2, 0.25) is 0 Å². The zero-order valence-corrected chi connectivity index (χ0v) is 20.7. The molecule has 34 heavy (non-hydrogen) atoms. The lowest BCUT2D eigenvalue weighted by molar-refractivity contribution is -0.126. The molecule has 2 heterocycles. The van der Waals surface area contributed by atoms with E-state index in [4.69, 9.17) is 14.2 Å². The SMILES string of the molecule is CCOc1cc2c(cc1OCC)CN(C(=O)/C=C/c1ccc(OCc3csc(C)n3)cc1)CC2. The number of hydrogen-bond donors (Lipinski definition) is 0. The minimum atomic E-state index is -0.00303. The third-order valence-corrected chi connectivity index (χ3v) is 6.36. The number of aryl methyl sites for hydroxylation is 1. The minimum absolute atomic E-state index is 0.00303. The lowest BCUT2D eigenvalue weighted by Crippen LogP contribution is -2.34. The summed E-state index contributed by atoms with van der Waals surface area (Å²) in [6.07, 6.45) is 4.28. The molecule has 1 aromatic heterocycles. The Kier molecular flexibility index (Phi) is 7.85. The lowest BCUT2D eigenvalue weighted by Gasteiger charge is -2.29. The maximum atomic E-state index is 12.8. The number of aromatic nitrogens is 1. The average Bonchev–Trinajstić information content (AvgIpc) is 3.27. The number of ether oxygens (including phenoxy) is 3. The fourth-order valence-electron chi connectivity index (χ4n) is 3.87. The van der Waals surface area contributed by atoms with E-state index in [1.165, 1.54) is 5.56 Å². The second-order valence-electron chi connectivity index (χ2n) is 7.99. The molecule has 3 aromatic rings. The van der Waals surface area contributed by atoms with E-state index in [1.54, 1.807) is 17.4 Å². The molecule has 1 amide bonds. The number of benzene rings is 2. The van der Waals surface area contributed by atoms with Crippen LogP contribution in [-0.2, 0) is 24.4 Å². The minimum Gasteiger partial charge on any atom is -0.490 e. The van der Waals surface area contributed by atoms with Gasteiger partial charge in [-0.15, -0.1) is 11.3 Å². The third kappa shape index (κ3) is 5.97. The topological polar surface area (TPSA) is 60.9 Å². The van der Waals surface area contributed by atoms with Gasteiger partial charge in [-0.05, 0) is 74.2 Å². The summed E-state index contributed by atoms with van der Waals surface area (Å²) >= 11 is 1.62. The second kappa shape index (κ2) is 11.2. The number of amides is 1. The molecule has 4 rings (SSSR count). The van der Waals surface area contributed by atoms with Gasteiger partial charge in [0.1, 0.15) is 12.4 Å². The van der Waals surface area contributed by atoms with Crippen LogP contribution in [0.25, 0.3) is 6.08 Å². The quantitative estimate of drug-likeness (QED) is 0.384. The third-order valence-electron chi connectivity index (χ3n) is 5.54. The molecule has 0 fully saturated rings. The average molecular weight is 479 g/mol. The van der Waals surface area contributed by atoms with Crippen molar-refractivity contribution in [3.05, 3.63) is 75.2 Å². The van der Waals surface area contributed by atoms with Gasteiger partial charge in [-0.25, -0.2) is 4.98 Å². The van der Waals surface area contributed by atoms with Gasteiger partial charge in [0.15, 0.2) is 11.5 Å². The number of carbonyl (C=O) groups excluding carboxylic acids is 1. The van der Waals surface area contributed by atoms with Gasteiger partial charge < -0.3 is 19.1 Å². The van der Waals surface area contributed by atoms with Crippen LogP contribution in [0.5, 0.6) is 17.2 Å². The van der Waals surface area contributed by atoms with Crippen LogP contribution >= 0.6 is 11.3 Å². The highest BCUT2D eigenvalue weighted by Gasteiger charge is 2.22. The summed E-state index contributed by atoms with van der Waals surface area (Å²) in [5.41, 5.74) is 4.20. The van der Waals surface area contributed by atoms with Gasteiger partial charge in [0, 0.05) is 24.5 Å². The molecular formula is C27H30N2O4S. The number of carbonyl (C=O) groups is 1. The smallest absolute Gasteiger partial charge is 0.246 e. The predicted molar refractivity (Wildman–Crippen MR) is 135 cm³/mol. The van der Waals surface area contributed by atoms with Gasteiger partial charge >= 0.3 is 0 Å². The van der Waals surface area contributed by atoms with Gasteiger partial charge in [0.05, 0.1) is 23.9 Å². The van der Waals surface area contributed by atoms with Gasteiger partial charge in [-0.1, -0.05) is 12.1 Å². The van der Waals surface area contributed by atoms with E-state index in [0.717, 1.165) is 45.5 Å². The summed E-state index contributed by atoms with van der Waals surface area (Å²) < 4.78 is 17.3. The fourth-order valence-corrected chi connectivity index (χ4v) is 4.47. The van der Waals surface area contributed by atoms with Crippen molar-refractivity contribution in [2.45, 2.75) is 40.3 Å². The van der Waals surface area contributed by atoms with E-state index < -0.39 is 0 Å². The van der Waals surface area contributed by atoms with Crippen molar-refractivity contribution in [1.82, 2.24) is 9.88 Å². The van der Waals surface area contributed by atoms with Gasteiger partial charge in [-0.2, -0.15) is 0 Å². The highest BCUT2D eigenvalue weighted by Crippen LogP contribution is 2.34. The first-order valence-corrected chi connectivity index (χ1v) is 12.5. The molecule has 178 valence electrons. The summed E-state index contributed by atoms with van der Waals surface area (Å²) in [5.74, 6) is 2.28. The normalized spacial score (nSPS) is 13.1. The van der Waals surface area contributed by atoms with Crippen LogP contribution < -0.4 is 14.2 Å². The molecule has 2 aromatic carbocycles.